The molecule has 1 heterocycles. The van der Waals surface area contributed by atoms with Crippen LogP contribution in [0.25, 0.3) is 0 Å². The summed E-state index contributed by atoms with van der Waals surface area (Å²) in [5, 5.41) is 3.57. The minimum Gasteiger partial charge on any atom is -0.364 e. The molecule has 4 heteroatoms. The van der Waals surface area contributed by atoms with Crippen LogP contribution in [0.15, 0.2) is 28.7 Å². The van der Waals surface area contributed by atoms with Gasteiger partial charge in [0.15, 0.2) is 0 Å². The first-order valence-electron chi connectivity index (χ1n) is 6.46. The van der Waals surface area contributed by atoms with E-state index in [1.54, 1.807) is 0 Å². The topological polar surface area (TPSA) is 18.5 Å². The summed E-state index contributed by atoms with van der Waals surface area (Å²) < 4.78 is 1.15. The van der Waals surface area contributed by atoms with Crippen LogP contribution in [0.4, 0.5) is 5.69 Å². The molecule has 0 bridgehead atoms. The van der Waals surface area contributed by atoms with Crippen LogP contribution in [0.1, 0.15) is 6.92 Å². The molecule has 1 N–H and O–H groups in total. The average molecular weight is 312 g/mol. The molecule has 1 saturated heterocycles. The molecule has 0 aromatic heterocycles. The molecule has 2 unspecified atom stereocenters. The lowest BCUT2D eigenvalue weighted by Crippen LogP contribution is -2.58. The standard InChI is InChI=1S/C14H22BrN3/c1-11-9-18(13-6-4-5-12(15)7-13)14(8-16-11)10-17(2)3/h4-7,11,14,16H,8-10H2,1-3H3. The largest absolute Gasteiger partial charge is 0.364 e. The SMILES string of the molecule is CC1CN(c2cccc(Br)c2)C(CN(C)C)CN1. The summed E-state index contributed by atoms with van der Waals surface area (Å²) in [6, 6.07) is 9.68. The number of rotatable bonds is 3. The van der Waals surface area contributed by atoms with E-state index in [-0.39, 0.29) is 0 Å². The molecule has 1 aromatic carbocycles. The molecule has 3 nitrogen and oxygen atoms in total. The van der Waals surface area contributed by atoms with Crippen molar-refractivity contribution in [3.63, 3.8) is 0 Å². The molecule has 1 fully saturated rings. The van der Waals surface area contributed by atoms with Crippen LogP contribution in [0.5, 0.6) is 0 Å². The van der Waals surface area contributed by atoms with E-state index in [2.05, 4.69) is 76.3 Å². The zero-order valence-corrected chi connectivity index (χ0v) is 12.9. The number of benzene rings is 1. The second kappa shape index (κ2) is 6.04. The van der Waals surface area contributed by atoms with Gasteiger partial charge in [0.1, 0.15) is 0 Å². The summed E-state index contributed by atoms with van der Waals surface area (Å²) in [6.45, 7) is 5.43. The fourth-order valence-corrected chi connectivity index (χ4v) is 2.90. The molecule has 1 aliphatic rings. The third-order valence-electron chi connectivity index (χ3n) is 3.33. The van der Waals surface area contributed by atoms with Gasteiger partial charge >= 0.3 is 0 Å². The summed E-state index contributed by atoms with van der Waals surface area (Å²) in [6.07, 6.45) is 0. The maximum absolute atomic E-state index is 3.57. The van der Waals surface area contributed by atoms with E-state index in [1.165, 1.54) is 5.69 Å². The van der Waals surface area contributed by atoms with Crippen LogP contribution >= 0.6 is 15.9 Å². The summed E-state index contributed by atoms with van der Waals surface area (Å²) in [4.78, 5) is 4.78. The van der Waals surface area contributed by atoms with E-state index >= 15 is 0 Å². The monoisotopic (exact) mass is 311 g/mol. The molecule has 0 amide bonds. The second-order valence-corrected chi connectivity index (χ2v) is 6.27. The number of hydrogen-bond acceptors (Lipinski definition) is 3. The Morgan fingerprint density at radius 3 is 2.89 bits per heavy atom. The molecule has 1 aromatic rings. The van der Waals surface area contributed by atoms with Gasteiger partial charge in [0.05, 0.1) is 6.04 Å². The highest BCUT2D eigenvalue weighted by molar-refractivity contribution is 9.10. The maximum Gasteiger partial charge on any atom is 0.0542 e. The lowest BCUT2D eigenvalue weighted by atomic mass is 10.1. The van der Waals surface area contributed by atoms with Crippen molar-refractivity contribution in [3.8, 4) is 0 Å². The molecule has 18 heavy (non-hydrogen) atoms. The number of likely N-dealkylation sites (N-methyl/N-ethyl adjacent to an activating group) is 1. The van der Waals surface area contributed by atoms with Crippen molar-refractivity contribution in [1.82, 2.24) is 10.2 Å². The van der Waals surface area contributed by atoms with Crippen LogP contribution < -0.4 is 10.2 Å². The van der Waals surface area contributed by atoms with Gasteiger partial charge in [0.2, 0.25) is 0 Å². The molecule has 2 atom stereocenters. The number of nitrogens with one attached hydrogen (secondary N) is 1. The Bertz CT molecular complexity index is 394. The zero-order chi connectivity index (χ0) is 13.1. The van der Waals surface area contributed by atoms with E-state index in [4.69, 9.17) is 0 Å². The van der Waals surface area contributed by atoms with Crippen molar-refractivity contribution in [2.75, 3.05) is 38.6 Å². The molecular formula is C14H22BrN3. The summed E-state index contributed by atoms with van der Waals surface area (Å²) in [5.74, 6) is 0. The fraction of sp³-hybridized carbons (Fsp3) is 0.571. The minimum atomic E-state index is 0.533. The van der Waals surface area contributed by atoms with Crippen LogP contribution in [0.2, 0.25) is 0 Å². The highest BCUT2D eigenvalue weighted by atomic mass is 79.9. The molecule has 100 valence electrons. The lowest BCUT2D eigenvalue weighted by Gasteiger charge is -2.42. The number of piperazine rings is 1. The van der Waals surface area contributed by atoms with Crippen LogP contribution in [-0.2, 0) is 0 Å². The number of hydrogen-bond donors (Lipinski definition) is 1. The Morgan fingerprint density at radius 1 is 1.44 bits per heavy atom. The number of halogens is 1. The quantitative estimate of drug-likeness (QED) is 0.923. The van der Waals surface area contributed by atoms with Crippen molar-refractivity contribution in [2.45, 2.75) is 19.0 Å². The van der Waals surface area contributed by atoms with Crippen molar-refractivity contribution in [1.29, 1.82) is 0 Å². The third-order valence-corrected chi connectivity index (χ3v) is 3.82. The van der Waals surface area contributed by atoms with Crippen molar-refractivity contribution >= 4 is 21.6 Å². The smallest absolute Gasteiger partial charge is 0.0542 e. The second-order valence-electron chi connectivity index (χ2n) is 5.36. The van der Waals surface area contributed by atoms with Crippen molar-refractivity contribution in [2.24, 2.45) is 0 Å². The summed E-state index contributed by atoms with van der Waals surface area (Å²) in [7, 11) is 4.27. The number of nitrogens with zero attached hydrogens (tertiary/aromatic N) is 2. The van der Waals surface area contributed by atoms with Gasteiger partial charge in [0, 0.05) is 35.8 Å². The molecule has 0 saturated carbocycles. The van der Waals surface area contributed by atoms with E-state index in [0.717, 1.165) is 24.1 Å². The first-order chi connectivity index (χ1) is 8.56. The van der Waals surface area contributed by atoms with Gasteiger partial charge in [-0.25, -0.2) is 0 Å². The molecule has 0 aliphatic carbocycles. The van der Waals surface area contributed by atoms with Crippen LogP contribution in [0.3, 0.4) is 0 Å². The Labute approximate surface area is 118 Å². The Balaban J connectivity index is 2.19. The third kappa shape index (κ3) is 3.46. The maximum atomic E-state index is 3.57. The zero-order valence-electron chi connectivity index (χ0n) is 11.4. The first kappa shape index (κ1) is 13.8. The van der Waals surface area contributed by atoms with Gasteiger partial charge in [-0.2, -0.15) is 0 Å². The highest BCUT2D eigenvalue weighted by Crippen LogP contribution is 2.23. The molecule has 2 rings (SSSR count). The van der Waals surface area contributed by atoms with Gasteiger partial charge in [-0.15, -0.1) is 0 Å². The minimum absolute atomic E-state index is 0.533. The van der Waals surface area contributed by atoms with E-state index in [0.29, 0.717) is 12.1 Å². The van der Waals surface area contributed by atoms with Crippen molar-refractivity contribution < 1.29 is 0 Å². The lowest BCUT2D eigenvalue weighted by molar-refractivity contribution is 0.317. The normalized spacial score (nSPS) is 24.6. The summed E-state index contributed by atoms with van der Waals surface area (Å²) in [5.41, 5.74) is 1.31. The first-order valence-corrected chi connectivity index (χ1v) is 7.26. The predicted molar refractivity (Wildman–Crippen MR) is 81.3 cm³/mol. The van der Waals surface area contributed by atoms with Crippen molar-refractivity contribution in [3.05, 3.63) is 28.7 Å². The molecule has 0 spiro atoms. The van der Waals surface area contributed by atoms with Gasteiger partial charge in [0.25, 0.3) is 0 Å². The van der Waals surface area contributed by atoms with E-state index in [9.17, 15) is 0 Å². The predicted octanol–water partition coefficient (Wildman–Crippen LogP) is 2.18. The van der Waals surface area contributed by atoms with E-state index in [1.807, 2.05) is 0 Å². The summed E-state index contributed by atoms with van der Waals surface area (Å²) >= 11 is 3.56. The average Bonchev–Trinajstić information content (AvgIpc) is 2.31. The van der Waals surface area contributed by atoms with Gasteiger partial charge in [-0.1, -0.05) is 22.0 Å². The Kier molecular flexibility index (Phi) is 4.65. The fourth-order valence-electron chi connectivity index (χ4n) is 2.51. The number of anilines is 1. The van der Waals surface area contributed by atoms with Crippen LogP contribution in [0, 0.1) is 0 Å². The Hall–Kier alpha value is -0.580. The molecular weight excluding hydrogens is 290 g/mol. The van der Waals surface area contributed by atoms with Crippen LogP contribution in [-0.4, -0.2) is 50.7 Å². The van der Waals surface area contributed by atoms with E-state index < -0.39 is 0 Å². The molecule has 1 aliphatic heterocycles. The van der Waals surface area contributed by atoms with Gasteiger partial charge in [-0.05, 0) is 39.2 Å². The Morgan fingerprint density at radius 2 is 2.22 bits per heavy atom. The molecule has 0 radical (unpaired) electrons. The highest BCUT2D eigenvalue weighted by Gasteiger charge is 2.26. The van der Waals surface area contributed by atoms with Gasteiger partial charge < -0.3 is 15.1 Å². The van der Waals surface area contributed by atoms with Gasteiger partial charge in [-0.3, -0.25) is 0 Å².